The fourth-order valence-corrected chi connectivity index (χ4v) is 2.43. The molecule has 0 N–H and O–H groups in total. The summed E-state index contributed by atoms with van der Waals surface area (Å²) in [4.78, 5) is 18.9. The number of aromatic nitrogens is 4. The summed E-state index contributed by atoms with van der Waals surface area (Å²) in [6.07, 6.45) is 5.23. The van der Waals surface area contributed by atoms with Gasteiger partial charge in [-0.25, -0.2) is 0 Å². The van der Waals surface area contributed by atoms with Gasteiger partial charge in [0.15, 0.2) is 5.75 Å². The third-order valence-electron chi connectivity index (χ3n) is 3.37. The molecule has 3 heterocycles. The minimum absolute atomic E-state index is 0.141. The molecule has 1 saturated heterocycles. The van der Waals surface area contributed by atoms with Gasteiger partial charge in [0.25, 0.3) is 0 Å². The Morgan fingerprint density at radius 2 is 1.95 bits per heavy atom. The van der Waals surface area contributed by atoms with Crippen LogP contribution in [0.15, 0.2) is 18.3 Å². The predicted molar refractivity (Wildman–Crippen MR) is 79.9 cm³/mol. The molecule has 0 aliphatic carbocycles. The van der Waals surface area contributed by atoms with Crippen molar-refractivity contribution in [2.75, 3.05) is 18.0 Å². The van der Waals surface area contributed by atoms with Crippen LogP contribution in [-0.4, -0.2) is 33.0 Å². The molecule has 0 bridgehead atoms. The second kappa shape index (κ2) is 6.22. The van der Waals surface area contributed by atoms with Gasteiger partial charge >= 0.3 is 6.01 Å². The lowest BCUT2D eigenvalue weighted by molar-refractivity contribution is 0.432. The first-order valence-electron chi connectivity index (χ1n) is 6.98. The highest BCUT2D eigenvalue weighted by atomic mass is 35.5. The van der Waals surface area contributed by atoms with Gasteiger partial charge in [-0.05, 0) is 49.9 Å². The van der Waals surface area contributed by atoms with Gasteiger partial charge < -0.3 is 9.64 Å². The van der Waals surface area contributed by atoms with Crippen molar-refractivity contribution in [3.05, 3.63) is 29.3 Å². The molecule has 1 aliphatic heterocycles. The molecule has 1 aliphatic rings. The van der Waals surface area contributed by atoms with E-state index in [0.29, 0.717) is 11.7 Å². The number of hydrogen-bond donors (Lipinski definition) is 0. The summed E-state index contributed by atoms with van der Waals surface area (Å²) in [5.41, 5.74) is 0.772. The summed E-state index contributed by atoms with van der Waals surface area (Å²) >= 11 is 5.99. The van der Waals surface area contributed by atoms with E-state index >= 15 is 0 Å². The van der Waals surface area contributed by atoms with E-state index in [2.05, 4.69) is 24.8 Å². The molecule has 3 rings (SSSR count). The second-order valence-corrected chi connectivity index (χ2v) is 5.26. The van der Waals surface area contributed by atoms with Crippen molar-refractivity contribution in [1.82, 2.24) is 19.9 Å². The molecule has 0 saturated carbocycles. The third-order valence-corrected chi connectivity index (χ3v) is 3.54. The lowest BCUT2D eigenvalue weighted by Gasteiger charge is -2.26. The van der Waals surface area contributed by atoms with E-state index in [1.54, 1.807) is 12.3 Å². The topological polar surface area (TPSA) is 64.0 Å². The summed E-state index contributed by atoms with van der Waals surface area (Å²) in [5, 5.41) is 0.141. The SMILES string of the molecule is Cc1ncccc1Oc1nc(Cl)nc(N2CCCCC2)n1. The minimum atomic E-state index is 0.141. The largest absolute Gasteiger partial charge is 0.422 e. The van der Waals surface area contributed by atoms with Crippen LogP contribution in [0.25, 0.3) is 0 Å². The van der Waals surface area contributed by atoms with Crippen molar-refractivity contribution >= 4 is 17.5 Å². The summed E-state index contributed by atoms with van der Waals surface area (Å²) in [6.45, 7) is 3.74. The van der Waals surface area contributed by atoms with Crippen LogP contribution in [0.5, 0.6) is 11.8 Å². The number of anilines is 1. The van der Waals surface area contributed by atoms with Crippen molar-refractivity contribution in [2.24, 2.45) is 0 Å². The molecule has 21 heavy (non-hydrogen) atoms. The normalized spacial score (nSPS) is 15.0. The zero-order valence-electron chi connectivity index (χ0n) is 11.8. The average Bonchev–Trinajstić information content (AvgIpc) is 2.50. The van der Waals surface area contributed by atoms with E-state index in [1.165, 1.54) is 6.42 Å². The van der Waals surface area contributed by atoms with E-state index in [4.69, 9.17) is 16.3 Å². The molecule has 0 radical (unpaired) electrons. The van der Waals surface area contributed by atoms with Crippen LogP contribution in [0.3, 0.4) is 0 Å². The molecule has 110 valence electrons. The van der Waals surface area contributed by atoms with Crippen molar-refractivity contribution in [1.29, 1.82) is 0 Å². The predicted octanol–water partition coefficient (Wildman–Crippen LogP) is 3.01. The Bertz CT molecular complexity index is 631. The van der Waals surface area contributed by atoms with Crippen LogP contribution in [0.1, 0.15) is 25.0 Å². The van der Waals surface area contributed by atoms with Crippen LogP contribution >= 0.6 is 11.6 Å². The highest BCUT2D eigenvalue weighted by Crippen LogP contribution is 2.24. The molecule has 0 spiro atoms. The molecule has 7 heteroatoms. The van der Waals surface area contributed by atoms with Crippen molar-refractivity contribution in [3.63, 3.8) is 0 Å². The zero-order chi connectivity index (χ0) is 14.7. The number of piperidine rings is 1. The fraction of sp³-hybridized carbons (Fsp3) is 0.429. The van der Waals surface area contributed by atoms with Gasteiger partial charge in [-0.3, -0.25) is 4.98 Å². The first kappa shape index (κ1) is 14.0. The number of nitrogens with zero attached hydrogens (tertiary/aromatic N) is 5. The van der Waals surface area contributed by atoms with Crippen molar-refractivity contribution < 1.29 is 4.74 Å². The van der Waals surface area contributed by atoms with Crippen LogP contribution in [-0.2, 0) is 0 Å². The first-order valence-corrected chi connectivity index (χ1v) is 7.36. The molecule has 2 aromatic rings. The number of ether oxygens (including phenoxy) is 1. The zero-order valence-corrected chi connectivity index (χ0v) is 12.5. The quantitative estimate of drug-likeness (QED) is 0.868. The van der Waals surface area contributed by atoms with E-state index < -0.39 is 0 Å². The lowest BCUT2D eigenvalue weighted by atomic mass is 10.1. The number of halogens is 1. The van der Waals surface area contributed by atoms with E-state index in [-0.39, 0.29) is 11.3 Å². The van der Waals surface area contributed by atoms with Gasteiger partial charge in [-0.15, -0.1) is 0 Å². The van der Waals surface area contributed by atoms with E-state index in [0.717, 1.165) is 31.6 Å². The van der Waals surface area contributed by atoms with Gasteiger partial charge in [0, 0.05) is 19.3 Å². The Hall–Kier alpha value is -1.95. The molecular weight excluding hydrogens is 290 g/mol. The summed E-state index contributed by atoms with van der Waals surface area (Å²) in [7, 11) is 0. The first-order chi connectivity index (χ1) is 10.2. The third kappa shape index (κ3) is 3.39. The Kier molecular flexibility index (Phi) is 4.15. The maximum absolute atomic E-state index is 5.99. The lowest BCUT2D eigenvalue weighted by Crippen LogP contribution is -2.31. The van der Waals surface area contributed by atoms with Crippen LogP contribution < -0.4 is 9.64 Å². The minimum Gasteiger partial charge on any atom is -0.422 e. The number of rotatable bonds is 3. The molecule has 2 aromatic heterocycles. The van der Waals surface area contributed by atoms with Gasteiger partial charge in [-0.2, -0.15) is 15.0 Å². The van der Waals surface area contributed by atoms with Gasteiger partial charge in [-0.1, -0.05) is 0 Å². The van der Waals surface area contributed by atoms with Crippen LogP contribution in [0, 0.1) is 6.92 Å². The highest BCUT2D eigenvalue weighted by molar-refractivity contribution is 6.28. The number of hydrogen-bond acceptors (Lipinski definition) is 6. The Morgan fingerprint density at radius 3 is 2.71 bits per heavy atom. The maximum atomic E-state index is 5.99. The van der Waals surface area contributed by atoms with Gasteiger partial charge in [0.2, 0.25) is 11.2 Å². The molecule has 1 fully saturated rings. The molecular formula is C14H16ClN5O. The Morgan fingerprint density at radius 1 is 1.14 bits per heavy atom. The highest BCUT2D eigenvalue weighted by Gasteiger charge is 2.16. The Balaban J connectivity index is 1.85. The van der Waals surface area contributed by atoms with Crippen LogP contribution in [0.4, 0.5) is 5.95 Å². The van der Waals surface area contributed by atoms with Gasteiger partial charge in [0.05, 0.1) is 5.69 Å². The molecule has 0 atom stereocenters. The van der Waals surface area contributed by atoms with E-state index in [1.807, 2.05) is 13.0 Å². The number of pyridine rings is 1. The van der Waals surface area contributed by atoms with Crippen molar-refractivity contribution in [3.8, 4) is 11.8 Å². The molecule has 6 nitrogen and oxygen atoms in total. The second-order valence-electron chi connectivity index (χ2n) is 4.92. The van der Waals surface area contributed by atoms with Crippen LogP contribution in [0.2, 0.25) is 5.28 Å². The molecule has 0 aromatic carbocycles. The molecule has 0 unspecified atom stereocenters. The average molecular weight is 306 g/mol. The molecule has 0 amide bonds. The standard InChI is InChI=1S/C14H16ClN5O/c1-10-11(6-5-7-16-10)21-14-18-12(15)17-13(19-14)20-8-3-2-4-9-20/h5-7H,2-4,8-9H2,1H3. The number of aryl methyl sites for hydroxylation is 1. The summed E-state index contributed by atoms with van der Waals surface area (Å²) < 4.78 is 5.69. The fourth-order valence-electron chi connectivity index (χ4n) is 2.28. The Labute approximate surface area is 128 Å². The maximum Gasteiger partial charge on any atom is 0.328 e. The van der Waals surface area contributed by atoms with Crippen molar-refractivity contribution in [2.45, 2.75) is 26.2 Å². The van der Waals surface area contributed by atoms with Gasteiger partial charge in [0.1, 0.15) is 0 Å². The smallest absolute Gasteiger partial charge is 0.328 e. The summed E-state index contributed by atoms with van der Waals surface area (Å²) in [6, 6.07) is 3.82. The van der Waals surface area contributed by atoms with E-state index in [9.17, 15) is 0 Å². The monoisotopic (exact) mass is 305 g/mol. The summed E-state index contributed by atoms with van der Waals surface area (Å²) in [5.74, 6) is 1.19.